The number of hydrogen-bond donors (Lipinski definition) is 2. The van der Waals surface area contributed by atoms with E-state index in [4.69, 9.17) is 4.74 Å². The molecule has 1 aromatic carbocycles. The van der Waals surface area contributed by atoms with Gasteiger partial charge in [0.25, 0.3) is 0 Å². The first kappa shape index (κ1) is 16.8. The van der Waals surface area contributed by atoms with Crippen molar-refractivity contribution in [2.24, 2.45) is 22.4 Å². The second-order valence-corrected chi connectivity index (χ2v) is 8.25. The van der Waals surface area contributed by atoms with Crippen molar-refractivity contribution >= 4 is 0 Å². The van der Waals surface area contributed by atoms with Gasteiger partial charge in [0.1, 0.15) is 6.04 Å². The van der Waals surface area contributed by atoms with Crippen molar-refractivity contribution in [1.82, 2.24) is 0 Å². The highest BCUT2D eigenvalue weighted by molar-refractivity contribution is 5.50. The van der Waals surface area contributed by atoms with Crippen molar-refractivity contribution in [3.63, 3.8) is 0 Å². The van der Waals surface area contributed by atoms with Crippen LogP contribution in [0.3, 0.4) is 0 Å². The van der Waals surface area contributed by atoms with E-state index in [2.05, 4.69) is 12.1 Å². The fourth-order valence-electron chi connectivity index (χ4n) is 5.94. The fourth-order valence-corrected chi connectivity index (χ4v) is 5.94. The van der Waals surface area contributed by atoms with Gasteiger partial charge in [0.15, 0.2) is 11.5 Å². The van der Waals surface area contributed by atoms with E-state index in [1.165, 1.54) is 0 Å². The van der Waals surface area contributed by atoms with Crippen LogP contribution in [0.1, 0.15) is 69.0 Å². The summed E-state index contributed by atoms with van der Waals surface area (Å²) in [5.41, 5.74) is 1.94. The number of aliphatic hydroxyl groups is 1. The van der Waals surface area contributed by atoms with E-state index in [-0.39, 0.29) is 17.3 Å². The lowest BCUT2D eigenvalue weighted by Crippen LogP contribution is -2.44. The quantitative estimate of drug-likeness (QED) is 0.802. The normalized spacial score (nSPS) is 39.2. The smallest absolute Gasteiger partial charge is 0.161 e. The number of ether oxygens (including phenoxy) is 1. The first-order valence-corrected chi connectivity index (χ1v) is 9.49. The SMILES string of the molecule is CCOc1cc2c(cc1O)C(N=O)C[C@@H]1[C@@H]2CC[C@]2(C)[C@@H](O)CC[C@@H]12. The molecule has 2 saturated carbocycles. The number of aromatic hydroxyl groups is 1. The van der Waals surface area contributed by atoms with E-state index in [1.54, 1.807) is 6.07 Å². The fraction of sp³-hybridized carbons (Fsp3) is 0.700. The molecule has 0 bridgehead atoms. The van der Waals surface area contributed by atoms with Gasteiger partial charge in [-0.2, -0.15) is 4.91 Å². The van der Waals surface area contributed by atoms with Gasteiger partial charge in [-0.05, 0) is 85.5 Å². The van der Waals surface area contributed by atoms with Crippen LogP contribution in [-0.4, -0.2) is 22.9 Å². The van der Waals surface area contributed by atoms with Crippen LogP contribution in [0.2, 0.25) is 0 Å². The predicted molar refractivity (Wildman–Crippen MR) is 94.7 cm³/mol. The first-order valence-electron chi connectivity index (χ1n) is 9.49. The topological polar surface area (TPSA) is 79.1 Å². The maximum Gasteiger partial charge on any atom is 0.161 e. The number of phenols is 1. The molecule has 136 valence electrons. The van der Waals surface area contributed by atoms with Crippen LogP contribution in [-0.2, 0) is 0 Å². The minimum Gasteiger partial charge on any atom is -0.504 e. The average Bonchev–Trinajstić information content (AvgIpc) is 2.90. The lowest BCUT2D eigenvalue weighted by Gasteiger charge is -2.50. The summed E-state index contributed by atoms with van der Waals surface area (Å²) in [4.78, 5) is 11.5. The molecule has 0 spiro atoms. The molecule has 2 N–H and O–H groups in total. The van der Waals surface area contributed by atoms with Gasteiger partial charge < -0.3 is 14.9 Å². The molecule has 0 aromatic heterocycles. The van der Waals surface area contributed by atoms with Crippen LogP contribution in [0.15, 0.2) is 17.3 Å². The number of aliphatic hydroxyl groups excluding tert-OH is 1. The van der Waals surface area contributed by atoms with Gasteiger partial charge in [-0.25, -0.2) is 0 Å². The maximum absolute atomic E-state index is 11.5. The zero-order chi connectivity index (χ0) is 17.8. The molecule has 1 aromatic rings. The summed E-state index contributed by atoms with van der Waals surface area (Å²) in [5, 5.41) is 24.1. The standard InChI is InChI=1S/C20H27NO4/c1-3-25-18-10-12-11-6-7-20(2)15(4-5-19(20)23)13(11)8-16(21-24)14(12)9-17(18)22/h9-11,13,15-16,19,22-23H,3-8H2,1-2H3/t11-,13-,15+,16?,19+,20+/m1/s1. The summed E-state index contributed by atoms with van der Waals surface area (Å²) < 4.78 is 5.58. The number of nitroso groups, excluding NO2 is 1. The van der Waals surface area contributed by atoms with E-state index in [9.17, 15) is 15.1 Å². The molecule has 0 radical (unpaired) electrons. The summed E-state index contributed by atoms with van der Waals surface area (Å²) in [6.45, 7) is 4.60. The molecule has 0 aliphatic heterocycles. The number of phenolic OH excluding ortho intramolecular Hbond substituents is 1. The third-order valence-corrected chi connectivity index (χ3v) is 7.23. The molecule has 3 aliphatic carbocycles. The molecule has 4 rings (SSSR count). The molecule has 6 atom stereocenters. The van der Waals surface area contributed by atoms with Crippen LogP contribution in [0.4, 0.5) is 0 Å². The molecule has 0 heterocycles. The molecular formula is C20H27NO4. The van der Waals surface area contributed by atoms with Gasteiger partial charge in [0.05, 0.1) is 12.7 Å². The molecule has 5 nitrogen and oxygen atoms in total. The van der Waals surface area contributed by atoms with Crippen molar-refractivity contribution < 1.29 is 14.9 Å². The van der Waals surface area contributed by atoms with Crippen molar-refractivity contribution in [2.75, 3.05) is 6.61 Å². The first-order chi connectivity index (χ1) is 12.0. The third-order valence-electron chi connectivity index (χ3n) is 7.23. The summed E-state index contributed by atoms with van der Waals surface area (Å²) in [6, 6.07) is 3.19. The minimum absolute atomic E-state index is 0.0359. The van der Waals surface area contributed by atoms with Gasteiger partial charge in [0, 0.05) is 0 Å². The minimum atomic E-state index is -0.419. The highest BCUT2D eigenvalue weighted by atomic mass is 16.5. The molecular weight excluding hydrogens is 318 g/mol. The molecule has 1 unspecified atom stereocenters. The van der Waals surface area contributed by atoms with Crippen LogP contribution in [0, 0.1) is 22.2 Å². The van der Waals surface area contributed by atoms with E-state index in [0.717, 1.165) is 43.2 Å². The lowest BCUT2D eigenvalue weighted by atomic mass is 9.55. The highest BCUT2D eigenvalue weighted by Gasteiger charge is 2.55. The second kappa shape index (κ2) is 5.97. The third kappa shape index (κ3) is 2.39. The Balaban J connectivity index is 1.78. The van der Waals surface area contributed by atoms with Crippen LogP contribution < -0.4 is 4.74 Å². The van der Waals surface area contributed by atoms with E-state index in [0.29, 0.717) is 30.1 Å². The van der Waals surface area contributed by atoms with Gasteiger partial charge >= 0.3 is 0 Å². The average molecular weight is 345 g/mol. The van der Waals surface area contributed by atoms with Gasteiger partial charge in [-0.1, -0.05) is 12.1 Å². The zero-order valence-electron chi connectivity index (χ0n) is 14.9. The molecule has 0 amide bonds. The molecule has 5 heteroatoms. The molecule has 2 fully saturated rings. The van der Waals surface area contributed by atoms with Crippen molar-refractivity contribution in [3.8, 4) is 11.5 Å². The van der Waals surface area contributed by atoms with Crippen LogP contribution >= 0.6 is 0 Å². The number of benzene rings is 1. The summed E-state index contributed by atoms with van der Waals surface area (Å²) >= 11 is 0. The number of nitrogens with zero attached hydrogens (tertiary/aromatic N) is 1. The Labute approximate surface area is 148 Å². The lowest BCUT2D eigenvalue weighted by molar-refractivity contribution is -0.0248. The van der Waals surface area contributed by atoms with Gasteiger partial charge in [-0.15, -0.1) is 0 Å². The van der Waals surface area contributed by atoms with Gasteiger partial charge in [-0.3, -0.25) is 0 Å². The van der Waals surface area contributed by atoms with E-state index in [1.807, 2.05) is 13.0 Å². The summed E-state index contributed by atoms with van der Waals surface area (Å²) in [5.74, 6) is 1.74. The Kier molecular flexibility index (Phi) is 4.02. The van der Waals surface area contributed by atoms with Crippen LogP contribution in [0.25, 0.3) is 0 Å². The second-order valence-electron chi connectivity index (χ2n) is 8.25. The molecule has 3 aliphatic rings. The van der Waals surface area contributed by atoms with Crippen molar-refractivity contribution in [3.05, 3.63) is 28.2 Å². The largest absolute Gasteiger partial charge is 0.504 e. The highest BCUT2D eigenvalue weighted by Crippen LogP contribution is 2.63. The number of rotatable bonds is 3. The summed E-state index contributed by atoms with van der Waals surface area (Å²) in [6.07, 6.45) is 4.38. The van der Waals surface area contributed by atoms with Gasteiger partial charge in [0.2, 0.25) is 0 Å². The van der Waals surface area contributed by atoms with E-state index >= 15 is 0 Å². The Bertz CT molecular complexity index is 691. The Morgan fingerprint density at radius 2 is 2.08 bits per heavy atom. The predicted octanol–water partition coefficient (Wildman–Crippen LogP) is 4.27. The summed E-state index contributed by atoms with van der Waals surface area (Å²) in [7, 11) is 0. The zero-order valence-corrected chi connectivity index (χ0v) is 14.9. The molecule has 0 saturated heterocycles. The van der Waals surface area contributed by atoms with Crippen molar-refractivity contribution in [1.29, 1.82) is 0 Å². The number of fused-ring (bicyclic) bond motifs is 5. The molecule has 25 heavy (non-hydrogen) atoms. The van der Waals surface area contributed by atoms with Crippen molar-refractivity contribution in [2.45, 2.75) is 64.0 Å². The Hall–Kier alpha value is -1.62. The maximum atomic E-state index is 11.5. The number of hydrogen-bond acceptors (Lipinski definition) is 5. The van der Waals surface area contributed by atoms with E-state index < -0.39 is 6.04 Å². The van der Waals surface area contributed by atoms with Crippen LogP contribution in [0.5, 0.6) is 11.5 Å². The monoisotopic (exact) mass is 345 g/mol. The Morgan fingerprint density at radius 3 is 2.80 bits per heavy atom. The Morgan fingerprint density at radius 1 is 1.28 bits per heavy atom.